The standard InChI is InChI=1S/C8H13N3O/c1-9-8(12)11(2)6-7-4-3-5-10-7/h3-5,10H,6H2,1-2H3,(H,9,12). The first kappa shape index (κ1) is 8.64. The fourth-order valence-electron chi connectivity index (χ4n) is 0.984. The highest BCUT2D eigenvalue weighted by atomic mass is 16.2. The fourth-order valence-corrected chi connectivity index (χ4v) is 0.984. The van der Waals surface area contributed by atoms with Crippen LogP contribution >= 0.6 is 0 Å². The lowest BCUT2D eigenvalue weighted by atomic mass is 10.4. The zero-order valence-corrected chi connectivity index (χ0v) is 7.29. The molecule has 1 heterocycles. The minimum Gasteiger partial charge on any atom is -0.364 e. The van der Waals surface area contributed by atoms with Crippen molar-refractivity contribution in [2.45, 2.75) is 6.54 Å². The Hall–Kier alpha value is -1.45. The highest BCUT2D eigenvalue weighted by Gasteiger charge is 2.05. The molecule has 2 amide bonds. The molecule has 0 aromatic carbocycles. The third-order valence-corrected chi connectivity index (χ3v) is 1.63. The van der Waals surface area contributed by atoms with E-state index in [1.165, 1.54) is 0 Å². The van der Waals surface area contributed by atoms with Gasteiger partial charge in [0.2, 0.25) is 0 Å². The lowest BCUT2D eigenvalue weighted by Crippen LogP contribution is -2.34. The van der Waals surface area contributed by atoms with Crippen molar-refractivity contribution in [3.05, 3.63) is 24.0 Å². The van der Waals surface area contributed by atoms with E-state index in [9.17, 15) is 4.79 Å². The maximum absolute atomic E-state index is 11.0. The van der Waals surface area contributed by atoms with Crippen molar-refractivity contribution in [1.82, 2.24) is 15.2 Å². The van der Waals surface area contributed by atoms with Crippen LogP contribution in [0.2, 0.25) is 0 Å². The quantitative estimate of drug-likeness (QED) is 0.672. The second-order valence-corrected chi connectivity index (χ2v) is 2.61. The number of rotatable bonds is 2. The average molecular weight is 167 g/mol. The van der Waals surface area contributed by atoms with Crippen LogP contribution in [0.25, 0.3) is 0 Å². The molecular weight excluding hydrogens is 154 g/mol. The minimum absolute atomic E-state index is 0.0791. The molecule has 0 aliphatic rings. The maximum Gasteiger partial charge on any atom is 0.317 e. The summed E-state index contributed by atoms with van der Waals surface area (Å²) in [6, 6.07) is 3.77. The molecule has 0 unspecified atom stereocenters. The topological polar surface area (TPSA) is 48.1 Å². The van der Waals surface area contributed by atoms with E-state index in [0.717, 1.165) is 5.69 Å². The molecule has 12 heavy (non-hydrogen) atoms. The molecule has 66 valence electrons. The molecule has 2 N–H and O–H groups in total. The fraction of sp³-hybridized carbons (Fsp3) is 0.375. The number of carbonyl (C=O) groups excluding carboxylic acids is 1. The van der Waals surface area contributed by atoms with Gasteiger partial charge in [0.1, 0.15) is 0 Å². The average Bonchev–Trinajstić information content (AvgIpc) is 2.55. The van der Waals surface area contributed by atoms with Crippen LogP contribution < -0.4 is 5.32 Å². The van der Waals surface area contributed by atoms with Gasteiger partial charge in [-0.2, -0.15) is 0 Å². The van der Waals surface area contributed by atoms with Crippen molar-refractivity contribution < 1.29 is 4.79 Å². The summed E-state index contributed by atoms with van der Waals surface area (Å²) in [5, 5.41) is 2.55. The van der Waals surface area contributed by atoms with Crippen molar-refractivity contribution in [2.24, 2.45) is 0 Å². The summed E-state index contributed by atoms with van der Waals surface area (Å²) >= 11 is 0. The number of H-pyrrole nitrogens is 1. The number of aromatic nitrogens is 1. The normalized spacial score (nSPS) is 9.50. The van der Waals surface area contributed by atoms with Crippen LogP contribution in [0.15, 0.2) is 18.3 Å². The first-order chi connectivity index (χ1) is 5.74. The van der Waals surface area contributed by atoms with Gasteiger partial charge in [-0.15, -0.1) is 0 Å². The second-order valence-electron chi connectivity index (χ2n) is 2.61. The van der Waals surface area contributed by atoms with E-state index in [4.69, 9.17) is 0 Å². The Morgan fingerprint density at radius 3 is 3.00 bits per heavy atom. The zero-order valence-electron chi connectivity index (χ0n) is 7.29. The third kappa shape index (κ3) is 2.02. The zero-order chi connectivity index (χ0) is 8.97. The molecule has 1 rings (SSSR count). The summed E-state index contributed by atoms with van der Waals surface area (Å²) in [6.45, 7) is 0.604. The third-order valence-electron chi connectivity index (χ3n) is 1.63. The highest BCUT2D eigenvalue weighted by molar-refractivity contribution is 5.73. The lowest BCUT2D eigenvalue weighted by Gasteiger charge is -2.14. The predicted molar refractivity (Wildman–Crippen MR) is 46.7 cm³/mol. The predicted octanol–water partition coefficient (Wildman–Crippen LogP) is 0.786. The van der Waals surface area contributed by atoms with E-state index in [1.54, 1.807) is 19.0 Å². The molecule has 0 saturated heterocycles. The van der Waals surface area contributed by atoms with Gasteiger partial charge in [0.15, 0.2) is 0 Å². The van der Waals surface area contributed by atoms with Gasteiger partial charge < -0.3 is 15.2 Å². The number of hydrogen-bond acceptors (Lipinski definition) is 1. The minimum atomic E-state index is -0.0791. The van der Waals surface area contributed by atoms with Gasteiger partial charge in [0, 0.05) is 26.0 Å². The summed E-state index contributed by atoms with van der Waals surface area (Å²) < 4.78 is 0. The first-order valence-electron chi connectivity index (χ1n) is 3.79. The Morgan fingerprint density at radius 2 is 2.50 bits per heavy atom. The van der Waals surface area contributed by atoms with Gasteiger partial charge in [0.25, 0.3) is 0 Å². The number of nitrogens with one attached hydrogen (secondary N) is 2. The molecule has 1 aromatic rings. The smallest absolute Gasteiger partial charge is 0.317 e. The van der Waals surface area contributed by atoms with Crippen LogP contribution in [0.3, 0.4) is 0 Å². The van der Waals surface area contributed by atoms with Gasteiger partial charge in [-0.25, -0.2) is 4.79 Å². The molecule has 4 heteroatoms. The summed E-state index contributed by atoms with van der Waals surface area (Å²) in [5.74, 6) is 0. The van der Waals surface area contributed by atoms with Crippen molar-refractivity contribution in [3.8, 4) is 0 Å². The Bertz CT molecular complexity index is 243. The monoisotopic (exact) mass is 167 g/mol. The van der Waals surface area contributed by atoms with Gasteiger partial charge in [-0.1, -0.05) is 0 Å². The lowest BCUT2D eigenvalue weighted by molar-refractivity contribution is 0.209. The number of nitrogens with zero attached hydrogens (tertiary/aromatic N) is 1. The van der Waals surface area contributed by atoms with Crippen LogP contribution in [0, 0.1) is 0 Å². The molecule has 0 saturated carbocycles. The molecule has 0 fully saturated rings. The van der Waals surface area contributed by atoms with E-state index in [1.807, 2.05) is 18.3 Å². The van der Waals surface area contributed by atoms with E-state index in [-0.39, 0.29) is 6.03 Å². The first-order valence-corrected chi connectivity index (χ1v) is 3.79. The van der Waals surface area contributed by atoms with Crippen LogP contribution in [-0.4, -0.2) is 30.0 Å². The molecular formula is C8H13N3O. The molecule has 0 aliphatic carbocycles. The van der Waals surface area contributed by atoms with Crippen molar-refractivity contribution in [2.75, 3.05) is 14.1 Å². The molecule has 0 bridgehead atoms. The summed E-state index contributed by atoms with van der Waals surface area (Å²) in [4.78, 5) is 15.7. The molecule has 0 atom stereocenters. The van der Waals surface area contributed by atoms with E-state index in [0.29, 0.717) is 6.54 Å². The molecule has 0 aliphatic heterocycles. The molecule has 4 nitrogen and oxygen atoms in total. The molecule has 0 radical (unpaired) electrons. The number of carbonyl (C=O) groups is 1. The van der Waals surface area contributed by atoms with Crippen LogP contribution in [-0.2, 0) is 6.54 Å². The van der Waals surface area contributed by atoms with Gasteiger partial charge in [-0.05, 0) is 12.1 Å². The Balaban J connectivity index is 2.47. The van der Waals surface area contributed by atoms with Gasteiger partial charge >= 0.3 is 6.03 Å². The van der Waals surface area contributed by atoms with E-state index >= 15 is 0 Å². The Labute approximate surface area is 71.6 Å². The number of amides is 2. The van der Waals surface area contributed by atoms with Crippen molar-refractivity contribution in [3.63, 3.8) is 0 Å². The number of urea groups is 1. The van der Waals surface area contributed by atoms with E-state index in [2.05, 4.69) is 10.3 Å². The Morgan fingerprint density at radius 1 is 1.75 bits per heavy atom. The van der Waals surface area contributed by atoms with Crippen LogP contribution in [0.1, 0.15) is 5.69 Å². The summed E-state index contributed by atoms with van der Waals surface area (Å²) in [6.07, 6.45) is 1.84. The summed E-state index contributed by atoms with van der Waals surface area (Å²) in [7, 11) is 3.37. The number of hydrogen-bond donors (Lipinski definition) is 2. The van der Waals surface area contributed by atoms with Crippen molar-refractivity contribution >= 4 is 6.03 Å². The Kier molecular flexibility index (Phi) is 2.74. The number of aromatic amines is 1. The summed E-state index contributed by atoms with van der Waals surface area (Å²) in [5.41, 5.74) is 1.03. The highest BCUT2D eigenvalue weighted by Crippen LogP contribution is 1.98. The van der Waals surface area contributed by atoms with Crippen LogP contribution in [0.4, 0.5) is 4.79 Å². The SMILES string of the molecule is CNC(=O)N(C)Cc1ccc[nH]1. The van der Waals surface area contributed by atoms with Crippen molar-refractivity contribution in [1.29, 1.82) is 0 Å². The van der Waals surface area contributed by atoms with Gasteiger partial charge in [-0.3, -0.25) is 0 Å². The maximum atomic E-state index is 11.0. The molecule has 1 aromatic heterocycles. The second kappa shape index (κ2) is 3.80. The van der Waals surface area contributed by atoms with E-state index < -0.39 is 0 Å². The van der Waals surface area contributed by atoms with Gasteiger partial charge in [0.05, 0.1) is 6.54 Å². The molecule has 0 spiro atoms. The largest absolute Gasteiger partial charge is 0.364 e. The van der Waals surface area contributed by atoms with Crippen LogP contribution in [0.5, 0.6) is 0 Å².